The molecule has 4 rings (SSSR count). The number of allylic oxidation sites excluding steroid dienone is 1. The first kappa shape index (κ1) is 26.9. The van der Waals surface area contributed by atoms with Gasteiger partial charge in [0.15, 0.2) is 16.3 Å². The second-order valence-electron chi connectivity index (χ2n) is 8.50. The maximum Gasteiger partial charge on any atom is 0.338 e. The predicted octanol–water partition coefficient (Wildman–Crippen LogP) is 3.77. The highest BCUT2D eigenvalue weighted by molar-refractivity contribution is 7.07. The van der Waals surface area contributed by atoms with Gasteiger partial charge in [-0.15, -0.1) is 0 Å². The smallest absolute Gasteiger partial charge is 0.338 e. The van der Waals surface area contributed by atoms with E-state index in [0.717, 1.165) is 17.5 Å². The molecule has 0 saturated heterocycles. The number of benzene rings is 2. The molecular weight excluding hydrogens is 504 g/mol. The summed E-state index contributed by atoms with van der Waals surface area (Å²) in [5, 5.41) is 0. The SMILES string of the molecule is C=CCOC(=O)C1=C(C)N=c2s/c(=C\c3ccc(OC)c(OC)c3)c(=O)n2C1c1ccc(OCCC)cc1. The van der Waals surface area contributed by atoms with E-state index in [1.165, 1.54) is 17.4 Å². The van der Waals surface area contributed by atoms with Crippen molar-refractivity contribution < 1.29 is 23.7 Å². The minimum atomic E-state index is -0.712. The van der Waals surface area contributed by atoms with Gasteiger partial charge in [0.1, 0.15) is 12.4 Å². The lowest BCUT2D eigenvalue weighted by atomic mass is 9.96. The van der Waals surface area contributed by atoms with E-state index in [1.54, 1.807) is 43.9 Å². The molecule has 0 saturated carbocycles. The van der Waals surface area contributed by atoms with Gasteiger partial charge >= 0.3 is 5.97 Å². The zero-order valence-corrected chi connectivity index (χ0v) is 22.7. The Bertz CT molecular complexity index is 1550. The molecule has 8 nitrogen and oxygen atoms in total. The van der Waals surface area contributed by atoms with Gasteiger partial charge in [-0.25, -0.2) is 9.79 Å². The first-order valence-electron chi connectivity index (χ1n) is 12.2. The standard InChI is InChI=1S/C29H30N2O6S/c1-6-14-36-21-11-9-20(10-12-21)26-25(28(33)37-15-7-2)18(3)30-29-31(26)27(32)24(38-29)17-19-8-13-22(34-4)23(16-19)35-5/h7-13,16-17,26H,2,6,14-15H2,1,3-5H3/b24-17-. The Labute approximate surface area is 224 Å². The summed E-state index contributed by atoms with van der Waals surface area (Å²) in [6.07, 6.45) is 4.17. The Morgan fingerprint density at radius 1 is 1.13 bits per heavy atom. The molecule has 198 valence electrons. The molecule has 1 aliphatic rings. The molecule has 0 aliphatic carbocycles. The second-order valence-corrected chi connectivity index (χ2v) is 9.51. The molecule has 2 aromatic carbocycles. The Kier molecular flexibility index (Phi) is 8.48. The van der Waals surface area contributed by atoms with Crippen LogP contribution in [0.2, 0.25) is 0 Å². The van der Waals surface area contributed by atoms with E-state index >= 15 is 0 Å². The van der Waals surface area contributed by atoms with Crippen LogP contribution in [0, 0.1) is 0 Å². The number of esters is 1. The number of hydrogen-bond donors (Lipinski definition) is 0. The van der Waals surface area contributed by atoms with Crippen molar-refractivity contribution in [3.8, 4) is 17.2 Å². The van der Waals surface area contributed by atoms with Crippen molar-refractivity contribution in [3.05, 3.63) is 97.2 Å². The van der Waals surface area contributed by atoms with Crippen molar-refractivity contribution >= 4 is 23.4 Å². The number of carbonyl (C=O) groups is 1. The first-order valence-corrected chi connectivity index (χ1v) is 13.0. The lowest BCUT2D eigenvalue weighted by Crippen LogP contribution is -2.39. The highest BCUT2D eigenvalue weighted by Gasteiger charge is 2.33. The van der Waals surface area contributed by atoms with Crippen molar-refractivity contribution in [2.75, 3.05) is 27.4 Å². The summed E-state index contributed by atoms with van der Waals surface area (Å²) in [5.74, 6) is 1.32. The van der Waals surface area contributed by atoms with Crippen LogP contribution >= 0.6 is 11.3 Å². The van der Waals surface area contributed by atoms with Gasteiger partial charge in [-0.05, 0) is 54.8 Å². The van der Waals surface area contributed by atoms with E-state index < -0.39 is 12.0 Å². The van der Waals surface area contributed by atoms with Crippen LogP contribution in [0.5, 0.6) is 17.2 Å². The van der Waals surface area contributed by atoms with Crippen molar-refractivity contribution in [1.29, 1.82) is 0 Å². The number of hydrogen-bond acceptors (Lipinski definition) is 8. The van der Waals surface area contributed by atoms with E-state index in [4.69, 9.17) is 18.9 Å². The first-order chi connectivity index (χ1) is 18.4. The zero-order valence-electron chi connectivity index (χ0n) is 21.9. The quantitative estimate of drug-likeness (QED) is 0.291. The van der Waals surface area contributed by atoms with Gasteiger partial charge < -0.3 is 18.9 Å². The maximum absolute atomic E-state index is 13.8. The summed E-state index contributed by atoms with van der Waals surface area (Å²) in [5.41, 5.74) is 2.05. The van der Waals surface area contributed by atoms with Crippen LogP contribution in [-0.4, -0.2) is 38.0 Å². The number of nitrogens with zero attached hydrogens (tertiary/aromatic N) is 2. The molecule has 0 radical (unpaired) electrons. The van der Waals surface area contributed by atoms with Crippen molar-refractivity contribution in [2.24, 2.45) is 4.99 Å². The molecule has 0 fully saturated rings. The van der Waals surface area contributed by atoms with Crippen LogP contribution in [0.25, 0.3) is 6.08 Å². The van der Waals surface area contributed by atoms with Crippen molar-refractivity contribution in [1.82, 2.24) is 4.57 Å². The third kappa shape index (κ3) is 5.43. The molecule has 1 atom stereocenters. The third-order valence-electron chi connectivity index (χ3n) is 5.95. The average Bonchev–Trinajstić information content (AvgIpc) is 3.23. The number of methoxy groups -OCH3 is 2. The van der Waals surface area contributed by atoms with E-state index in [9.17, 15) is 9.59 Å². The van der Waals surface area contributed by atoms with Crippen LogP contribution in [0.3, 0.4) is 0 Å². The second kappa shape index (κ2) is 12.0. The summed E-state index contributed by atoms with van der Waals surface area (Å²) in [7, 11) is 3.13. The normalized spacial score (nSPS) is 14.9. The van der Waals surface area contributed by atoms with Gasteiger partial charge in [-0.1, -0.05) is 49.1 Å². The fourth-order valence-corrected chi connectivity index (χ4v) is 5.22. The van der Waals surface area contributed by atoms with E-state index in [-0.39, 0.29) is 12.2 Å². The Morgan fingerprint density at radius 3 is 2.53 bits per heavy atom. The van der Waals surface area contributed by atoms with Crippen LogP contribution < -0.4 is 29.1 Å². The maximum atomic E-state index is 13.8. The number of ether oxygens (including phenoxy) is 4. The van der Waals surface area contributed by atoms with Crippen LogP contribution in [0.4, 0.5) is 0 Å². The van der Waals surface area contributed by atoms with Gasteiger partial charge in [0, 0.05) is 0 Å². The predicted molar refractivity (Wildman–Crippen MR) is 147 cm³/mol. The summed E-state index contributed by atoms with van der Waals surface area (Å²) in [4.78, 5) is 32.1. The lowest BCUT2D eigenvalue weighted by molar-refractivity contribution is -0.138. The highest BCUT2D eigenvalue weighted by Crippen LogP contribution is 2.32. The van der Waals surface area contributed by atoms with Gasteiger partial charge in [-0.3, -0.25) is 9.36 Å². The average molecular weight is 535 g/mol. The number of carbonyl (C=O) groups excluding carboxylic acids is 1. The molecule has 38 heavy (non-hydrogen) atoms. The zero-order chi connectivity index (χ0) is 27.2. The largest absolute Gasteiger partial charge is 0.494 e. The Balaban J connectivity index is 1.86. The van der Waals surface area contributed by atoms with E-state index in [2.05, 4.69) is 11.6 Å². The van der Waals surface area contributed by atoms with Gasteiger partial charge in [0.05, 0.1) is 42.7 Å². The molecule has 9 heteroatoms. The Hall–Kier alpha value is -4.11. The lowest BCUT2D eigenvalue weighted by Gasteiger charge is -2.24. The van der Waals surface area contributed by atoms with E-state index in [1.807, 2.05) is 37.3 Å². The minimum absolute atomic E-state index is 0.0514. The summed E-state index contributed by atoms with van der Waals surface area (Å²) in [6.45, 7) is 8.06. The molecule has 0 bridgehead atoms. The molecule has 3 aromatic rings. The summed E-state index contributed by atoms with van der Waals surface area (Å²) < 4.78 is 23.9. The summed E-state index contributed by atoms with van der Waals surface area (Å²) in [6, 6.07) is 12.1. The van der Waals surface area contributed by atoms with Crippen molar-refractivity contribution in [3.63, 3.8) is 0 Å². The number of rotatable bonds is 10. The number of thiazole rings is 1. The molecular formula is C29H30N2O6S. The highest BCUT2D eigenvalue weighted by atomic mass is 32.1. The number of fused-ring (bicyclic) bond motifs is 1. The van der Waals surface area contributed by atoms with Crippen LogP contribution in [-0.2, 0) is 9.53 Å². The van der Waals surface area contributed by atoms with Crippen LogP contribution in [0.1, 0.15) is 37.4 Å². The molecule has 1 aromatic heterocycles. The molecule has 0 N–H and O–H groups in total. The monoisotopic (exact) mass is 534 g/mol. The fraction of sp³-hybridized carbons (Fsp3) is 0.276. The molecule has 1 aliphatic heterocycles. The van der Waals surface area contributed by atoms with Crippen LogP contribution in [0.15, 0.2) is 76.2 Å². The fourth-order valence-electron chi connectivity index (χ4n) is 4.17. The topological polar surface area (TPSA) is 88.4 Å². The summed E-state index contributed by atoms with van der Waals surface area (Å²) >= 11 is 1.26. The van der Waals surface area contributed by atoms with Gasteiger partial charge in [-0.2, -0.15) is 0 Å². The molecule has 0 amide bonds. The minimum Gasteiger partial charge on any atom is -0.494 e. The Morgan fingerprint density at radius 2 is 1.87 bits per heavy atom. The van der Waals surface area contributed by atoms with E-state index in [0.29, 0.717) is 44.5 Å². The molecule has 0 spiro atoms. The molecule has 2 heterocycles. The van der Waals surface area contributed by atoms with Gasteiger partial charge in [0.25, 0.3) is 5.56 Å². The van der Waals surface area contributed by atoms with Crippen molar-refractivity contribution in [2.45, 2.75) is 26.3 Å². The third-order valence-corrected chi connectivity index (χ3v) is 6.93. The molecule has 1 unspecified atom stereocenters. The van der Waals surface area contributed by atoms with Gasteiger partial charge in [0.2, 0.25) is 0 Å². The number of aromatic nitrogens is 1.